The van der Waals surface area contributed by atoms with E-state index in [1.54, 1.807) is 31.2 Å². The predicted molar refractivity (Wildman–Crippen MR) is 185 cm³/mol. The van der Waals surface area contributed by atoms with Gasteiger partial charge >= 0.3 is 0 Å². The van der Waals surface area contributed by atoms with Crippen LogP contribution in [0.2, 0.25) is 5.02 Å². The minimum atomic E-state index is -4.29. The highest BCUT2D eigenvalue weighted by atomic mass is 35.5. The first-order valence-electron chi connectivity index (χ1n) is 15.9. The molecule has 0 unspecified atom stereocenters. The highest BCUT2D eigenvalue weighted by molar-refractivity contribution is 7.92. The quantitative estimate of drug-likeness (QED) is 0.162. The number of sulfonamides is 1. The van der Waals surface area contributed by atoms with Crippen LogP contribution < -0.4 is 14.4 Å². The summed E-state index contributed by atoms with van der Waals surface area (Å²) in [6.07, 6.45) is 4.11. The number of halogens is 1. The lowest BCUT2D eigenvalue weighted by Gasteiger charge is -2.34. The first-order valence-corrected chi connectivity index (χ1v) is 17.8. The molecule has 1 saturated carbocycles. The molecule has 0 spiro atoms. The van der Waals surface area contributed by atoms with Gasteiger partial charge in [0.1, 0.15) is 18.3 Å². The van der Waals surface area contributed by atoms with Crippen LogP contribution in [0.1, 0.15) is 43.7 Å². The van der Waals surface area contributed by atoms with Crippen LogP contribution in [-0.2, 0) is 32.6 Å². The summed E-state index contributed by atoms with van der Waals surface area (Å²) >= 11 is 6.09. The van der Waals surface area contributed by atoms with Crippen molar-refractivity contribution in [3.8, 4) is 5.75 Å². The topological polar surface area (TPSA) is 96.0 Å². The van der Waals surface area contributed by atoms with Gasteiger partial charge in [0.25, 0.3) is 10.0 Å². The van der Waals surface area contributed by atoms with E-state index in [-0.39, 0.29) is 35.5 Å². The molecule has 1 aliphatic carbocycles. The molecule has 0 bridgehead atoms. The van der Waals surface area contributed by atoms with E-state index in [0.29, 0.717) is 17.4 Å². The maximum absolute atomic E-state index is 14.7. The fourth-order valence-electron chi connectivity index (χ4n) is 5.89. The van der Waals surface area contributed by atoms with E-state index in [4.69, 9.17) is 16.3 Å². The van der Waals surface area contributed by atoms with E-state index in [2.05, 4.69) is 5.32 Å². The Labute approximate surface area is 282 Å². The molecule has 1 fully saturated rings. The van der Waals surface area contributed by atoms with Gasteiger partial charge in [-0.25, -0.2) is 8.42 Å². The largest absolute Gasteiger partial charge is 0.492 e. The van der Waals surface area contributed by atoms with Gasteiger partial charge in [0.05, 0.1) is 17.2 Å². The van der Waals surface area contributed by atoms with Crippen LogP contribution in [0.15, 0.2) is 114 Å². The molecule has 1 N–H and O–H groups in total. The molecule has 10 heteroatoms. The zero-order valence-electron chi connectivity index (χ0n) is 26.4. The van der Waals surface area contributed by atoms with Crippen molar-refractivity contribution in [3.63, 3.8) is 0 Å². The second-order valence-electron chi connectivity index (χ2n) is 11.6. The third-order valence-electron chi connectivity index (χ3n) is 8.28. The van der Waals surface area contributed by atoms with Crippen LogP contribution in [0.3, 0.4) is 0 Å². The zero-order valence-corrected chi connectivity index (χ0v) is 28.0. The second kappa shape index (κ2) is 16.0. The first-order chi connectivity index (χ1) is 22.8. The molecule has 4 aromatic carbocycles. The van der Waals surface area contributed by atoms with E-state index in [1.807, 2.05) is 60.7 Å². The molecule has 0 aromatic heterocycles. The van der Waals surface area contributed by atoms with Gasteiger partial charge in [-0.05, 0) is 67.3 Å². The summed E-state index contributed by atoms with van der Waals surface area (Å²) in [7, 11) is -4.29. The molecule has 1 atom stereocenters. The fraction of sp³-hybridized carbons (Fsp3) is 0.297. The number of benzene rings is 4. The number of nitrogens with one attached hydrogen (secondary N) is 1. The van der Waals surface area contributed by atoms with E-state index in [1.165, 1.54) is 29.2 Å². The monoisotopic (exact) mass is 673 g/mol. The summed E-state index contributed by atoms with van der Waals surface area (Å²) in [6, 6.07) is 30.6. The number of anilines is 1. The molecule has 0 aliphatic heterocycles. The average molecular weight is 674 g/mol. The Kier molecular flexibility index (Phi) is 11.6. The third-order valence-corrected chi connectivity index (χ3v) is 10.3. The van der Waals surface area contributed by atoms with Crippen molar-refractivity contribution in [3.05, 3.63) is 125 Å². The number of carbonyl (C=O) groups excluding carboxylic acids is 2. The van der Waals surface area contributed by atoms with Crippen LogP contribution in [0.4, 0.5) is 5.69 Å². The van der Waals surface area contributed by atoms with E-state index in [0.717, 1.165) is 41.1 Å². The molecule has 47 heavy (non-hydrogen) atoms. The standard InChI is InChI=1S/C37H40ClN3O5S/c1-2-46-35-20-12-11-19-33(35)41(47(44,45)32-23-21-30(38)22-24-32)27-36(42)40(26-29-15-7-4-8-16-29)34(25-28-13-5-3-6-14-28)37(43)39-31-17-9-10-18-31/h3-8,11-16,19-24,31,34H,2,9-10,17-18,25-27H2,1H3,(H,39,43)/t34-/m1/s1. The molecule has 0 radical (unpaired) electrons. The lowest BCUT2D eigenvalue weighted by molar-refractivity contribution is -0.140. The molecule has 0 saturated heterocycles. The van der Waals surface area contributed by atoms with Gasteiger partial charge in [-0.1, -0.05) is 97.2 Å². The predicted octanol–water partition coefficient (Wildman–Crippen LogP) is 6.63. The smallest absolute Gasteiger partial charge is 0.264 e. The molecule has 0 heterocycles. The Morgan fingerprint density at radius 3 is 2.09 bits per heavy atom. The number of para-hydroxylation sites is 2. The van der Waals surface area contributed by atoms with Crippen molar-refractivity contribution in [1.82, 2.24) is 10.2 Å². The van der Waals surface area contributed by atoms with E-state index < -0.39 is 28.5 Å². The van der Waals surface area contributed by atoms with Gasteiger partial charge in [-0.15, -0.1) is 0 Å². The average Bonchev–Trinajstić information content (AvgIpc) is 3.60. The van der Waals surface area contributed by atoms with Gasteiger partial charge in [0.2, 0.25) is 11.8 Å². The zero-order chi connectivity index (χ0) is 33.2. The number of hydrogen-bond donors (Lipinski definition) is 1. The van der Waals surface area contributed by atoms with Crippen molar-refractivity contribution in [2.75, 3.05) is 17.5 Å². The minimum absolute atomic E-state index is 0.0320. The summed E-state index contributed by atoms with van der Waals surface area (Å²) in [5.74, 6) is -0.471. The lowest BCUT2D eigenvalue weighted by Crippen LogP contribution is -2.54. The van der Waals surface area contributed by atoms with Gasteiger partial charge in [0.15, 0.2) is 0 Å². The number of amides is 2. The maximum atomic E-state index is 14.7. The number of carbonyl (C=O) groups is 2. The molecule has 246 valence electrons. The van der Waals surface area contributed by atoms with Crippen LogP contribution >= 0.6 is 11.6 Å². The molecule has 4 aromatic rings. The normalized spacial score (nSPS) is 13.9. The summed E-state index contributed by atoms with van der Waals surface area (Å²) < 4.78 is 35.5. The number of nitrogens with zero attached hydrogens (tertiary/aromatic N) is 2. The van der Waals surface area contributed by atoms with Crippen molar-refractivity contribution >= 4 is 39.1 Å². The highest BCUT2D eigenvalue weighted by Crippen LogP contribution is 2.33. The Hall–Kier alpha value is -4.34. The molecular weight excluding hydrogens is 634 g/mol. The van der Waals surface area contributed by atoms with Crippen molar-refractivity contribution in [2.24, 2.45) is 0 Å². The van der Waals surface area contributed by atoms with Gasteiger partial charge in [-0.2, -0.15) is 0 Å². The SMILES string of the molecule is CCOc1ccccc1N(CC(=O)N(Cc1ccccc1)[C@H](Cc1ccccc1)C(=O)NC1CCCC1)S(=O)(=O)c1ccc(Cl)cc1. The first kappa shape index (κ1) is 34.0. The van der Waals surface area contributed by atoms with Crippen LogP contribution in [0.25, 0.3) is 0 Å². The second-order valence-corrected chi connectivity index (χ2v) is 13.9. The van der Waals surface area contributed by atoms with E-state index >= 15 is 0 Å². The Morgan fingerprint density at radius 1 is 0.851 bits per heavy atom. The number of hydrogen-bond acceptors (Lipinski definition) is 5. The highest BCUT2D eigenvalue weighted by Gasteiger charge is 2.36. The van der Waals surface area contributed by atoms with Gasteiger partial charge in [-0.3, -0.25) is 13.9 Å². The number of rotatable bonds is 14. The van der Waals surface area contributed by atoms with Crippen molar-refractivity contribution in [1.29, 1.82) is 0 Å². The van der Waals surface area contributed by atoms with Gasteiger partial charge < -0.3 is 15.0 Å². The molecule has 5 rings (SSSR count). The third kappa shape index (κ3) is 8.73. The molecule has 2 amide bonds. The Balaban J connectivity index is 1.58. The summed E-state index contributed by atoms with van der Waals surface area (Å²) in [6.45, 7) is 1.64. The maximum Gasteiger partial charge on any atom is 0.264 e. The summed E-state index contributed by atoms with van der Waals surface area (Å²) in [4.78, 5) is 30.3. The van der Waals surface area contributed by atoms with E-state index in [9.17, 15) is 18.0 Å². The van der Waals surface area contributed by atoms with Gasteiger partial charge in [0, 0.05) is 24.0 Å². The summed E-state index contributed by atoms with van der Waals surface area (Å²) in [5, 5.41) is 3.58. The molecule has 8 nitrogen and oxygen atoms in total. The van der Waals surface area contributed by atoms with Crippen molar-refractivity contribution < 1.29 is 22.7 Å². The molecule has 1 aliphatic rings. The van der Waals surface area contributed by atoms with Crippen molar-refractivity contribution in [2.45, 2.75) is 62.6 Å². The van der Waals surface area contributed by atoms with Crippen LogP contribution in [0, 0.1) is 0 Å². The Bertz CT molecular complexity index is 1730. The lowest BCUT2D eigenvalue weighted by atomic mass is 10.0. The fourth-order valence-corrected chi connectivity index (χ4v) is 7.44. The summed E-state index contributed by atoms with van der Waals surface area (Å²) in [5.41, 5.74) is 1.92. The molecular formula is C37H40ClN3O5S. The van der Waals surface area contributed by atoms with Crippen LogP contribution in [0.5, 0.6) is 5.75 Å². The van der Waals surface area contributed by atoms with Crippen LogP contribution in [-0.4, -0.2) is 50.4 Å². The number of ether oxygens (including phenoxy) is 1. The Morgan fingerprint density at radius 2 is 1.45 bits per heavy atom. The minimum Gasteiger partial charge on any atom is -0.492 e.